The molecule has 1 aliphatic carbocycles. The van der Waals surface area contributed by atoms with Crippen molar-refractivity contribution >= 4 is 17.7 Å². The van der Waals surface area contributed by atoms with Crippen molar-refractivity contribution in [1.29, 1.82) is 0 Å². The zero-order chi connectivity index (χ0) is 19.0. The molecule has 1 unspecified atom stereocenters. The molecule has 1 aromatic heterocycles. The summed E-state index contributed by atoms with van der Waals surface area (Å²) in [6.07, 6.45) is 7.45. The topological polar surface area (TPSA) is 87.5 Å². The quantitative estimate of drug-likeness (QED) is 0.809. The number of aryl methyl sites for hydroxylation is 1. The fraction of sp³-hybridized carbons (Fsp3) is 0.684. The molecular formula is C19H27N5O3. The summed E-state index contributed by atoms with van der Waals surface area (Å²) in [4.78, 5) is 44.8. The summed E-state index contributed by atoms with van der Waals surface area (Å²) in [7, 11) is 1.82. The van der Waals surface area contributed by atoms with E-state index in [0.29, 0.717) is 50.3 Å². The second-order valence-corrected chi connectivity index (χ2v) is 8.11. The number of carbonyl (C=O) groups is 3. The van der Waals surface area contributed by atoms with Crippen molar-refractivity contribution in [3.63, 3.8) is 0 Å². The Labute approximate surface area is 158 Å². The van der Waals surface area contributed by atoms with Gasteiger partial charge in [0.25, 0.3) is 5.91 Å². The van der Waals surface area contributed by atoms with E-state index in [2.05, 4.69) is 10.3 Å². The average Bonchev–Trinajstić information content (AvgIpc) is 3.25. The molecule has 8 nitrogen and oxygen atoms in total. The van der Waals surface area contributed by atoms with E-state index in [-0.39, 0.29) is 23.6 Å². The number of rotatable bonds is 5. The van der Waals surface area contributed by atoms with E-state index >= 15 is 0 Å². The van der Waals surface area contributed by atoms with Crippen molar-refractivity contribution in [2.75, 3.05) is 26.2 Å². The minimum Gasteiger partial charge on any atom is -0.353 e. The third-order valence-electron chi connectivity index (χ3n) is 5.93. The van der Waals surface area contributed by atoms with Gasteiger partial charge in [0.05, 0.1) is 18.4 Å². The summed E-state index contributed by atoms with van der Waals surface area (Å²) in [5, 5.41) is 3.01. The van der Waals surface area contributed by atoms with E-state index < -0.39 is 0 Å². The molecule has 1 saturated carbocycles. The summed E-state index contributed by atoms with van der Waals surface area (Å²) in [5.41, 5.74) is 0.604. The Hall–Kier alpha value is -2.38. The zero-order valence-corrected chi connectivity index (χ0v) is 15.8. The maximum atomic E-state index is 12.6. The largest absolute Gasteiger partial charge is 0.353 e. The van der Waals surface area contributed by atoms with Crippen molar-refractivity contribution < 1.29 is 14.4 Å². The summed E-state index contributed by atoms with van der Waals surface area (Å²) in [5.74, 6) is 0.311. The van der Waals surface area contributed by atoms with Gasteiger partial charge in [-0.3, -0.25) is 14.4 Å². The van der Waals surface area contributed by atoms with Gasteiger partial charge in [0, 0.05) is 45.7 Å². The molecule has 1 atom stereocenters. The van der Waals surface area contributed by atoms with Crippen molar-refractivity contribution in [1.82, 2.24) is 24.7 Å². The Balaban J connectivity index is 1.25. The predicted octanol–water partition coefficient (Wildman–Crippen LogP) is 0.399. The molecule has 3 fully saturated rings. The molecule has 2 saturated heterocycles. The second kappa shape index (κ2) is 7.32. The van der Waals surface area contributed by atoms with Gasteiger partial charge in [-0.25, -0.2) is 4.98 Å². The molecule has 3 aliphatic rings. The zero-order valence-electron chi connectivity index (χ0n) is 15.8. The Morgan fingerprint density at radius 3 is 2.59 bits per heavy atom. The van der Waals surface area contributed by atoms with Crippen LogP contribution in [0.3, 0.4) is 0 Å². The lowest BCUT2D eigenvalue weighted by atomic mass is 9.96. The molecule has 4 rings (SSSR count). The molecule has 3 heterocycles. The summed E-state index contributed by atoms with van der Waals surface area (Å²) < 4.78 is 1.74. The second-order valence-electron chi connectivity index (χ2n) is 8.11. The first-order chi connectivity index (χ1) is 13.0. The molecule has 1 N–H and O–H groups in total. The highest BCUT2D eigenvalue weighted by molar-refractivity contribution is 5.92. The van der Waals surface area contributed by atoms with E-state index in [9.17, 15) is 14.4 Å². The first kappa shape index (κ1) is 18.0. The van der Waals surface area contributed by atoms with Gasteiger partial charge in [-0.2, -0.15) is 0 Å². The molecule has 3 amide bonds. The molecule has 146 valence electrons. The Morgan fingerprint density at radius 2 is 1.96 bits per heavy atom. The van der Waals surface area contributed by atoms with Gasteiger partial charge in [0.1, 0.15) is 5.69 Å². The predicted molar refractivity (Wildman–Crippen MR) is 97.7 cm³/mol. The van der Waals surface area contributed by atoms with Gasteiger partial charge in [-0.05, 0) is 31.6 Å². The van der Waals surface area contributed by atoms with Gasteiger partial charge in [0.2, 0.25) is 11.8 Å². The summed E-state index contributed by atoms with van der Waals surface area (Å²) in [6.45, 7) is 2.62. The van der Waals surface area contributed by atoms with Crippen LogP contribution in [0.2, 0.25) is 0 Å². The molecule has 0 radical (unpaired) electrons. The molecule has 0 spiro atoms. The maximum absolute atomic E-state index is 12.6. The van der Waals surface area contributed by atoms with Crippen molar-refractivity contribution in [3.05, 3.63) is 18.2 Å². The molecule has 8 heteroatoms. The number of nitrogens with one attached hydrogen (secondary N) is 1. The lowest BCUT2D eigenvalue weighted by Gasteiger charge is -2.34. The van der Waals surface area contributed by atoms with E-state index in [0.717, 1.165) is 25.7 Å². The first-order valence-corrected chi connectivity index (χ1v) is 9.85. The normalized spacial score (nSPS) is 23.7. The smallest absolute Gasteiger partial charge is 0.272 e. The highest BCUT2D eigenvalue weighted by atomic mass is 16.2. The summed E-state index contributed by atoms with van der Waals surface area (Å²) >= 11 is 0. The SMILES string of the molecule is Cn1cncc1C(=O)N1CCC(CN2CC(C(=O)NC3CC3)CC2=O)CC1. The van der Waals surface area contributed by atoms with Crippen LogP contribution in [0.5, 0.6) is 0 Å². The lowest BCUT2D eigenvalue weighted by Crippen LogP contribution is -2.42. The molecule has 1 aromatic rings. The van der Waals surface area contributed by atoms with Crippen LogP contribution >= 0.6 is 0 Å². The number of carbonyl (C=O) groups excluding carboxylic acids is 3. The first-order valence-electron chi connectivity index (χ1n) is 9.85. The number of hydrogen-bond acceptors (Lipinski definition) is 4. The van der Waals surface area contributed by atoms with Crippen LogP contribution in [-0.2, 0) is 16.6 Å². The minimum absolute atomic E-state index is 0.0162. The minimum atomic E-state index is -0.204. The molecule has 27 heavy (non-hydrogen) atoms. The van der Waals surface area contributed by atoms with Crippen molar-refractivity contribution in [2.24, 2.45) is 18.9 Å². The van der Waals surface area contributed by atoms with Crippen LogP contribution in [0.15, 0.2) is 12.5 Å². The highest BCUT2D eigenvalue weighted by Crippen LogP contribution is 2.26. The molecule has 0 aromatic carbocycles. The van der Waals surface area contributed by atoms with Crippen LogP contribution in [0, 0.1) is 11.8 Å². The molecule has 2 aliphatic heterocycles. The van der Waals surface area contributed by atoms with E-state index in [1.807, 2.05) is 16.8 Å². The number of likely N-dealkylation sites (tertiary alicyclic amines) is 2. The van der Waals surface area contributed by atoms with Crippen LogP contribution in [-0.4, -0.2) is 69.3 Å². The van der Waals surface area contributed by atoms with Crippen molar-refractivity contribution in [2.45, 2.75) is 38.1 Å². The van der Waals surface area contributed by atoms with Gasteiger partial charge in [-0.15, -0.1) is 0 Å². The fourth-order valence-corrected chi connectivity index (χ4v) is 4.03. The number of amides is 3. The summed E-state index contributed by atoms with van der Waals surface area (Å²) in [6, 6.07) is 0.336. The lowest BCUT2D eigenvalue weighted by molar-refractivity contribution is -0.129. The van der Waals surface area contributed by atoms with E-state index in [4.69, 9.17) is 0 Å². The Bertz CT molecular complexity index is 733. The number of piperidine rings is 1. The van der Waals surface area contributed by atoms with Crippen molar-refractivity contribution in [3.8, 4) is 0 Å². The van der Waals surface area contributed by atoms with Gasteiger partial charge in [0.15, 0.2) is 0 Å². The Morgan fingerprint density at radius 1 is 1.22 bits per heavy atom. The van der Waals surface area contributed by atoms with Gasteiger partial charge < -0.3 is 19.7 Å². The van der Waals surface area contributed by atoms with E-state index in [1.54, 1.807) is 17.1 Å². The van der Waals surface area contributed by atoms with E-state index in [1.165, 1.54) is 0 Å². The fourth-order valence-electron chi connectivity index (χ4n) is 4.03. The standard InChI is InChI=1S/C19H27N5O3/c1-22-12-20-9-16(22)19(27)23-6-4-13(5-7-23)10-24-11-14(8-17(24)25)18(26)21-15-2-3-15/h9,12-15H,2-8,10-11H2,1H3,(H,21,26). The third kappa shape index (κ3) is 3.99. The van der Waals surface area contributed by atoms with Crippen LogP contribution in [0.4, 0.5) is 0 Å². The third-order valence-corrected chi connectivity index (χ3v) is 5.93. The number of aromatic nitrogens is 2. The van der Waals surface area contributed by atoms with Gasteiger partial charge >= 0.3 is 0 Å². The molecular weight excluding hydrogens is 346 g/mol. The number of nitrogens with zero attached hydrogens (tertiary/aromatic N) is 4. The van der Waals surface area contributed by atoms with Crippen LogP contribution in [0.25, 0.3) is 0 Å². The number of hydrogen-bond donors (Lipinski definition) is 1. The van der Waals surface area contributed by atoms with Gasteiger partial charge in [-0.1, -0.05) is 0 Å². The maximum Gasteiger partial charge on any atom is 0.272 e. The van der Waals surface area contributed by atoms with Crippen LogP contribution < -0.4 is 5.32 Å². The number of imidazole rings is 1. The Kier molecular flexibility index (Phi) is 4.88. The monoisotopic (exact) mass is 373 g/mol. The highest BCUT2D eigenvalue weighted by Gasteiger charge is 2.37. The average molecular weight is 373 g/mol. The van der Waals surface area contributed by atoms with Crippen LogP contribution in [0.1, 0.15) is 42.6 Å². The molecule has 0 bridgehead atoms.